The molecule has 37 heavy (non-hydrogen) atoms. The van der Waals surface area contributed by atoms with Gasteiger partial charge in [-0.25, -0.2) is 9.36 Å². The second-order valence-electron chi connectivity index (χ2n) is 8.88. The number of nitrogens with one attached hydrogen (secondary N) is 2. The first-order valence-electron chi connectivity index (χ1n) is 11.3. The highest BCUT2D eigenvalue weighted by molar-refractivity contribution is 7.52. The largest absolute Gasteiger partial charge is 0.462 e. The molecule has 0 spiro atoms. The number of hydrogen-bond acceptors (Lipinski definition) is 10. The summed E-state index contributed by atoms with van der Waals surface area (Å²) >= 11 is 0. The minimum absolute atomic E-state index is 0.135. The molecule has 0 amide bonds. The van der Waals surface area contributed by atoms with Crippen LogP contribution in [0.3, 0.4) is 0 Å². The summed E-state index contributed by atoms with van der Waals surface area (Å²) in [6.45, 7) is 5.13. The minimum Gasteiger partial charge on any atom is -0.462 e. The summed E-state index contributed by atoms with van der Waals surface area (Å²) < 4.78 is 49.6. The van der Waals surface area contributed by atoms with Crippen LogP contribution in [0.4, 0.5) is 4.39 Å². The fourth-order valence-corrected chi connectivity index (χ4v) is 5.02. The van der Waals surface area contributed by atoms with Gasteiger partial charge in [-0.15, -0.1) is 0 Å². The van der Waals surface area contributed by atoms with Crippen molar-refractivity contribution in [3.8, 4) is 5.75 Å². The van der Waals surface area contributed by atoms with Crippen LogP contribution in [0.25, 0.3) is 0 Å². The first-order chi connectivity index (χ1) is 17.2. The van der Waals surface area contributed by atoms with Crippen LogP contribution in [0.1, 0.15) is 33.9 Å². The molecule has 2 aromatic rings. The maximum Gasteiger partial charge on any atom is 0.459 e. The maximum atomic E-state index is 13.8. The molecule has 0 aliphatic carbocycles. The van der Waals surface area contributed by atoms with Gasteiger partial charge in [0, 0.05) is 0 Å². The number of aromatic nitrogens is 2. The lowest BCUT2D eigenvalue weighted by Gasteiger charge is -2.27. The molecule has 3 rings (SSSR count). The summed E-state index contributed by atoms with van der Waals surface area (Å²) in [7, 11) is -4.33. The third-order valence-corrected chi connectivity index (χ3v) is 7.01. The number of nitrogens with zero attached hydrogens (tertiary/aromatic N) is 1. The number of H-pyrrole nitrogens is 1. The van der Waals surface area contributed by atoms with Crippen molar-refractivity contribution in [3.05, 3.63) is 63.2 Å². The molecule has 2 heterocycles. The fourth-order valence-electron chi connectivity index (χ4n) is 3.52. The normalized spacial score (nSPS) is 26.0. The van der Waals surface area contributed by atoms with Crippen LogP contribution < -0.4 is 20.9 Å². The predicted molar refractivity (Wildman–Crippen MR) is 126 cm³/mol. The van der Waals surface area contributed by atoms with E-state index in [4.69, 9.17) is 18.5 Å². The van der Waals surface area contributed by atoms with Crippen LogP contribution in [0.5, 0.6) is 5.75 Å². The van der Waals surface area contributed by atoms with Crippen molar-refractivity contribution in [2.45, 2.75) is 63.9 Å². The zero-order valence-electron chi connectivity index (χ0n) is 20.5. The van der Waals surface area contributed by atoms with E-state index in [1.54, 1.807) is 37.0 Å². The predicted octanol–water partition coefficient (Wildman–Crippen LogP) is 0.818. The number of rotatable bonds is 10. The molecule has 4 N–H and O–H groups in total. The van der Waals surface area contributed by atoms with Gasteiger partial charge in [-0.1, -0.05) is 18.2 Å². The Labute approximate surface area is 210 Å². The van der Waals surface area contributed by atoms with Gasteiger partial charge in [0.05, 0.1) is 18.9 Å². The van der Waals surface area contributed by atoms with E-state index in [1.807, 2.05) is 0 Å². The Morgan fingerprint density at radius 1 is 1.30 bits per heavy atom. The van der Waals surface area contributed by atoms with Crippen molar-refractivity contribution < 1.29 is 42.5 Å². The Bertz CT molecular complexity index is 1270. The molecule has 1 fully saturated rings. The first-order valence-corrected chi connectivity index (χ1v) is 12.8. The summed E-state index contributed by atoms with van der Waals surface area (Å²) in [6, 6.07) is 6.78. The summed E-state index contributed by atoms with van der Waals surface area (Å²) in [4.78, 5) is 37.5. The van der Waals surface area contributed by atoms with Crippen LogP contribution >= 0.6 is 7.75 Å². The summed E-state index contributed by atoms with van der Waals surface area (Å²) in [5.41, 5.74) is -4.52. The SMILES string of the molecule is CC(C)OC(=O)C(C)NP(=O)(OCC1OC(n2cc(F)c(=O)[nH]c2=O)C(C)(O)C1O)Oc1ccccc1. The Hall–Kier alpha value is -2.87. The van der Waals surface area contributed by atoms with Gasteiger partial charge in [0.25, 0.3) is 5.56 Å². The third kappa shape index (κ3) is 6.72. The number of aromatic amines is 1. The number of halogens is 1. The number of carbonyl (C=O) groups is 1. The highest BCUT2D eigenvalue weighted by Gasteiger charge is 2.54. The highest BCUT2D eigenvalue weighted by Crippen LogP contribution is 2.46. The first kappa shape index (κ1) is 28.7. The third-order valence-electron chi connectivity index (χ3n) is 5.37. The number of aliphatic hydroxyl groups excluding tert-OH is 1. The van der Waals surface area contributed by atoms with Crippen molar-refractivity contribution in [3.63, 3.8) is 0 Å². The standard InChI is InChI=1S/C22H29FN3O10P/c1-12(2)34-19(29)13(3)25-37(32,36-14-8-6-5-7-9-14)33-11-16-17(27)22(4,31)20(35-16)26-10-15(23)18(28)24-21(26)30/h5-10,12-13,16-17,20,27,31H,11H2,1-4H3,(H,25,32)(H,24,28,30). The van der Waals surface area contributed by atoms with Gasteiger partial charge in [0.15, 0.2) is 6.23 Å². The van der Waals surface area contributed by atoms with Gasteiger partial charge in [0.2, 0.25) is 5.82 Å². The molecule has 15 heteroatoms. The Kier molecular flexibility index (Phi) is 8.73. The van der Waals surface area contributed by atoms with E-state index in [9.17, 15) is 33.6 Å². The second-order valence-corrected chi connectivity index (χ2v) is 10.6. The molecule has 6 unspecified atom stereocenters. The van der Waals surface area contributed by atoms with Crippen LogP contribution in [0.15, 0.2) is 46.1 Å². The monoisotopic (exact) mass is 545 g/mol. The Morgan fingerprint density at radius 3 is 2.57 bits per heavy atom. The van der Waals surface area contributed by atoms with Gasteiger partial charge < -0.3 is 24.2 Å². The van der Waals surface area contributed by atoms with Crippen molar-refractivity contribution in [2.75, 3.05) is 6.61 Å². The number of benzene rings is 1. The molecule has 1 aliphatic rings. The molecule has 1 aromatic carbocycles. The Morgan fingerprint density at radius 2 is 1.95 bits per heavy atom. The molecule has 1 saturated heterocycles. The summed E-state index contributed by atoms with van der Waals surface area (Å²) in [6.07, 6.45) is -4.66. The molecule has 0 radical (unpaired) electrons. The molecular weight excluding hydrogens is 516 g/mol. The van der Waals surface area contributed by atoms with E-state index < -0.39 is 73.6 Å². The van der Waals surface area contributed by atoms with Gasteiger partial charge in [-0.3, -0.25) is 23.7 Å². The van der Waals surface area contributed by atoms with Crippen molar-refractivity contribution in [1.29, 1.82) is 0 Å². The van der Waals surface area contributed by atoms with Gasteiger partial charge in [-0.2, -0.15) is 9.48 Å². The van der Waals surface area contributed by atoms with Crippen molar-refractivity contribution in [2.24, 2.45) is 0 Å². The molecule has 1 aromatic heterocycles. The van der Waals surface area contributed by atoms with Crippen LogP contribution in [-0.2, 0) is 23.4 Å². The molecule has 13 nitrogen and oxygen atoms in total. The van der Waals surface area contributed by atoms with Crippen molar-refractivity contribution in [1.82, 2.24) is 14.6 Å². The lowest BCUT2D eigenvalue weighted by molar-refractivity contribution is -0.149. The molecule has 6 atom stereocenters. The van der Waals surface area contributed by atoms with Crippen LogP contribution in [0.2, 0.25) is 0 Å². The molecular formula is C22H29FN3O10P. The average molecular weight is 545 g/mol. The number of aliphatic hydroxyl groups is 2. The molecule has 1 aliphatic heterocycles. The number of esters is 1. The zero-order chi connectivity index (χ0) is 27.5. The molecule has 204 valence electrons. The smallest absolute Gasteiger partial charge is 0.459 e. The number of hydrogen-bond donors (Lipinski definition) is 4. The maximum absolute atomic E-state index is 13.8. The fraction of sp³-hybridized carbons (Fsp3) is 0.500. The quantitative estimate of drug-likeness (QED) is 0.245. The van der Waals surface area contributed by atoms with Gasteiger partial charge in [-0.05, 0) is 39.8 Å². The number of ether oxygens (including phenoxy) is 2. The number of para-hydroxylation sites is 1. The van der Waals surface area contributed by atoms with E-state index in [1.165, 1.54) is 19.1 Å². The lowest BCUT2D eigenvalue weighted by atomic mass is 9.96. The lowest BCUT2D eigenvalue weighted by Crippen LogP contribution is -2.47. The van der Waals surface area contributed by atoms with E-state index >= 15 is 0 Å². The molecule has 0 saturated carbocycles. The Balaban J connectivity index is 1.82. The minimum atomic E-state index is -4.33. The zero-order valence-corrected chi connectivity index (χ0v) is 21.4. The summed E-state index contributed by atoms with van der Waals surface area (Å²) in [5.74, 6) is -1.91. The van der Waals surface area contributed by atoms with E-state index in [0.717, 1.165) is 6.92 Å². The number of carbonyl (C=O) groups excluding carboxylic acids is 1. The van der Waals surface area contributed by atoms with Crippen LogP contribution in [-0.4, -0.2) is 62.3 Å². The van der Waals surface area contributed by atoms with E-state index in [0.29, 0.717) is 10.8 Å². The topological polar surface area (TPSA) is 178 Å². The van der Waals surface area contributed by atoms with Gasteiger partial charge >= 0.3 is 19.4 Å². The average Bonchev–Trinajstić information content (AvgIpc) is 3.03. The van der Waals surface area contributed by atoms with Gasteiger partial charge in [0.1, 0.15) is 29.6 Å². The van der Waals surface area contributed by atoms with E-state index in [-0.39, 0.29) is 5.75 Å². The summed E-state index contributed by atoms with van der Waals surface area (Å²) in [5, 5.41) is 23.9. The van der Waals surface area contributed by atoms with E-state index in [2.05, 4.69) is 5.09 Å². The molecule has 0 bridgehead atoms. The highest BCUT2D eigenvalue weighted by atomic mass is 31.2. The van der Waals surface area contributed by atoms with Crippen LogP contribution in [0, 0.1) is 5.82 Å². The van der Waals surface area contributed by atoms with Crippen molar-refractivity contribution >= 4 is 13.7 Å². The second kappa shape index (κ2) is 11.3.